The van der Waals surface area contributed by atoms with Gasteiger partial charge in [-0.15, -0.1) is 0 Å². The summed E-state index contributed by atoms with van der Waals surface area (Å²) in [5.74, 6) is 0.875. The minimum atomic E-state index is -3.48. The summed E-state index contributed by atoms with van der Waals surface area (Å²) in [5.41, 5.74) is 2.48. The van der Waals surface area contributed by atoms with Gasteiger partial charge in [-0.25, -0.2) is 8.42 Å². The van der Waals surface area contributed by atoms with E-state index in [-0.39, 0.29) is 11.8 Å². The van der Waals surface area contributed by atoms with E-state index in [1.807, 2.05) is 12.1 Å². The smallest absolute Gasteiger partial charge is 0.243 e. The van der Waals surface area contributed by atoms with Crippen LogP contribution in [0.2, 0.25) is 0 Å². The van der Waals surface area contributed by atoms with E-state index in [1.54, 1.807) is 10.4 Å². The molecule has 1 N–H and O–H groups in total. The third-order valence-electron chi connectivity index (χ3n) is 7.55. The molecule has 2 aliphatic carbocycles. The Labute approximate surface area is 181 Å². The number of benzene rings is 1. The molecule has 5 nitrogen and oxygen atoms in total. The molecule has 30 heavy (non-hydrogen) atoms. The van der Waals surface area contributed by atoms with Gasteiger partial charge in [0.25, 0.3) is 0 Å². The first-order chi connectivity index (χ1) is 14.5. The molecule has 1 saturated carbocycles. The van der Waals surface area contributed by atoms with Crippen molar-refractivity contribution in [1.82, 2.24) is 9.62 Å². The first kappa shape index (κ1) is 21.8. The summed E-state index contributed by atoms with van der Waals surface area (Å²) in [6.07, 6.45) is 11.4. The third-order valence-corrected chi connectivity index (χ3v) is 9.45. The molecule has 4 rings (SSSR count). The van der Waals surface area contributed by atoms with E-state index in [9.17, 15) is 13.2 Å². The van der Waals surface area contributed by atoms with Crippen LogP contribution in [-0.4, -0.2) is 37.8 Å². The highest BCUT2D eigenvalue weighted by Crippen LogP contribution is 2.29. The van der Waals surface area contributed by atoms with E-state index in [0.29, 0.717) is 36.9 Å². The summed E-state index contributed by atoms with van der Waals surface area (Å²) >= 11 is 0. The Morgan fingerprint density at radius 2 is 1.67 bits per heavy atom. The average molecular weight is 433 g/mol. The molecule has 2 fully saturated rings. The monoisotopic (exact) mass is 432 g/mol. The van der Waals surface area contributed by atoms with E-state index in [2.05, 4.69) is 12.2 Å². The molecule has 1 amide bonds. The zero-order valence-electron chi connectivity index (χ0n) is 18.2. The number of piperidine rings is 1. The number of sulfonamides is 1. The van der Waals surface area contributed by atoms with Crippen LogP contribution in [0.25, 0.3) is 0 Å². The average Bonchev–Trinajstić information content (AvgIpc) is 2.79. The minimum absolute atomic E-state index is 0.0659. The third kappa shape index (κ3) is 4.75. The standard InChI is InChI=1S/C24H36N2O3S/c1-2-18-7-10-22(11-8-18)25-24(27)20-13-15-26(16-14-20)30(28,29)23-12-9-19-5-3-4-6-21(19)17-23/h9,12,17-18,20,22H,2-8,10-11,13-16H2,1H3,(H,25,27). The van der Waals surface area contributed by atoms with Gasteiger partial charge in [-0.2, -0.15) is 4.31 Å². The van der Waals surface area contributed by atoms with Crippen LogP contribution in [0.3, 0.4) is 0 Å². The molecule has 1 saturated heterocycles. The van der Waals surface area contributed by atoms with Crippen molar-refractivity contribution < 1.29 is 13.2 Å². The van der Waals surface area contributed by atoms with Gasteiger partial charge in [0.1, 0.15) is 0 Å². The van der Waals surface area contributed by atoms with Crippen LogP contribution in [-0.2, 0) is 27.7 Å². The summed E-state index contributed by atoms with van der Waals surface area (Å²) in [7, 11) is -3.48. The van der Waals surface area contributed by atoms with Crippen LogP contribution in [0, 0.1) is 11.8 Å². The van der Waals surface area contributed by atoms with Gasteiger partial charge in [-0.1, -0.05) is 19.4 Å². The van der Waals surface area contributed by atoms with E-state index in [0.717, 1.165) is 38.0 Å². The van der Waals surface area contributed by atoms with Crippen LogP contribution in [0.5, 0.6) is 0 Å². The molecule has 0 radical (unpaired) electrons. The van der Waals surface area contributed by atoms with Gasteiger partial charge in [-0.05, 0) is 93.4 Å². The quantitative estimate of drug-likeness (QED) is 0.763. The van der Waals surface area contributed by atoms with Crippen molar-refractivity contribution in [3.05, 3.63) is 29.3 Å². The fraction of sp³-hybridized carbons (Fsp3) is 0.708. The van der Waals surface area contributed by atoms with Gasteiger partial charge in [0.2, 0.25) is 15.9 Å². The Morgan fingerprint density at radius 1 is 1.00 bits per heavy atom. The van der Waals surface area contributed by atoms with Crippen molar-refractivity contribution in [1.29, 1.82) is 0 Å². The Bertz CT molecular complexity index is 851. The molecule has 1 heterocycles. The fourth-order valence-electron chi connectivity index (χ4n) is 5.41. The number of hydrogen-bond donors (Lipinski definition) is 1. The molecule has 1 aliphatic heterocycles. The van der Waals surface area contributed by atoms with Crippen LogP contribution >= 0.6 is 0 Å². The van der Waals surface area contributed by atoms with Gasteiger partial charge in [-0.3, -0.25) is 4.79 Å². The van der Waals surface area contributed by atoms with Crippen molar-refractivity contribution in [3.63, 3.8) is 0 Å². The lowest BCUT2D eigenvalue weighted by Gasteiger charge is -2.33. The Balaban J connectivity index is 1.32. The van der Waals surface area contributed by atoms with Gasteiger partial charge in [0, 0.05) is 25.0 Å². The summed E-state index contributed by atoms with van der Waals surface area (Å²) in [6, 6.07) is 5.95. The van der Waals surface area contributed by atoms with Crippen LogP contribution in [0.1, 0.15) is 75.8 Å². The number of aryl methyl sites for hydroxylation is 2. The molecule has 3 aliphatic rings. The second-order valence-corrected chi connectivity index (χ2v) is 11.4. The minimum Gasteiger partial charge on any atom is -0.353 e. The maximum atomic E-state index is 13.2. The first-order valence-electron chi connectivity index (χ1n) is 11.9. The van der Waals surface area contributed by atoms with Crippen molar-refractivity contribution in [2.24, 2.45) is 11.8 Å². The zero-order chi connectivity index (χ0) is 21.1. The molecule has 0 aromatic heterocycles. The van der Waals surface area contributed by atoms with E-state index in [4.69, 9.17) is 0 Å². The van der Waals surface area contributed by atoms with Crippen molar-refractivity contribution in [3.8, 4) is 0 Å². The normalized spacial score (nSPS) is 26.2. The van der Waals surface area contributed by atoms with E-state index in [1.165, 1.54) is 36.8 Å². The van der Waals surface area contributed by atoms with Crippen molar-refractivity contribution in [2.75, 3.05) is 13.1 Å². The summed E-state index contributed by atoms with van der Waals surface area (Å²) < 4.78 is 27.9. The maximum absolute atomic E-state index is 13.2. The highest BCUT2D eigenvalue weighted by molar-refractivity contribution is 7.89. The summed E-state index contributed by atoms with van der Waals surface area (Å²) in [4.78, 5) is 13.1. The number of fused-ring (bicyclic) bond motifs is 1. The topological polar surface area (TPSA) is 66.5 Å². The molecule has 0 bridgehead atoms. The second-order valence-electron chi connectivity index (χ2n) is 9.45. The maximum Gasteiger partial charge on any atom is 0.243 e. The number of rotatable bonds is 5. The van der Waals surface area contributed by atoms with E-state index >= 15 is 0 Å². The molecular weight excluding hydrogens is 396 g/mol. The number of carbonyl (C=O) groups is 1. The molecule has 0 unspecified atom stereocenters. The molecule has 0 spiro atoms. The number of hydrogen-bond acceptors (Lipinski definition) is 3. The van der Waals surface area contributed by atoms with Gasteiger partial charge in [0.15, 0.2) is 0 Å². The highest BCUT2D eigenvalue weighted by Gasteiger charge is 2.33. The van der Waals surface area contributed by atoms with E-state index < -0.39 is 10.0 Å². The van der Waals surface area contributed by atoms with Crippen LogP contribution in [0.4, 0.5) is 0 Å². The Kier molecular flexibility index (Phi) is 6.83. The van der Waals surface area contributed by atoms with Gasteiger partial charge < -0.3 is 5.32 Å². The Hall–Kier alpha value is -1.40. The lowest BCUT2D eigenvalue weighted by Crippen LogP contribution is -2.46. The molecular formula is C24H36N2O3S. The molecule has 0 atom stereocenters. The number of nitrogens with zero attached hydrogens (tertiary/aromatic N) is 1. The summed E-state index contributed by atoms with van der Waals surface area (Å²) in [5, 5.41) is 3.25. The van der Waals surface area contributed by atoms with Crippen LogP contribution in [0.15, 0.2) is 23.1 Å². The predicted molar refractivity (Wildman–Crippen MR) is 119 cm³/mol. The lowest BCUT2D eigenvalue weighted by molar-refractivity contribution is -0.127. The molecule has 6 heteroatoms. The van der Waals surface area contributed by atoms with Crippen LogP contribution < -0.4 is 5.32 Å². The first-order valence-corrected chi connectivity index (χ1v) is 13.3. The highest BCUT2D eigenvalue weighted by atomic mass is 32.2. The fourth-order valence-corrected chi connectivity index (χ4v) is 6.93. The lowest BCUT2D eigenvalue weighted by atomic mass is 9.84. The van der Waals surface area contributed by atoms with Gasteiger partial charge >= 0.3 is 0 Å². The largest absolute Gasteiger partial charge is 0.353 e. The molecule has 166 valence electrons. The molecule has 1 aromatic rings. The summed E-state index contributed by atoms with van der Waals surface area (Å²) in [6.45, 7) is 3.11. The van der Waals surface area contributed by atoms with Crippen molar-refractivity contribution >= 4 is 15.9 Å². The Morgan fingerprint density at radius 3 is 2.33 bits per heavy atom. The van der Waals surface area contributed by atoms with Gasteiger partial charge in [0.05, 0.1) is 4.90 Å². The number of nitrogens with one attached hydrogen (secondary N) is 1. The second kappa shape index (κ2) is 9.39. The van der Waals surface area contributed by atoms with Crippen molar-refractivity contribution in [2.45, 2.75) is 88.5 Å². The number of carbonyl (C=O) groups excluding carboxylic acids is 1. The predicted octanol–water partition coefficient (Wildman–Crippen LogP) is 4.05. The zero-order valence-corrected chi connectivity index (χ0v) is 19.1. The SMILES string of the molecule is CCC1CCC(NC(=O)C2CCN(S(=O)(=O)c3ccc4c(c3)CCCC4)CC2)CC1. The molecule has 1 aromatic carbocycles. The number of amides is 1.